The van der Waals surface area contributed by atoms with Gasteiger partial charge in [-0.3, -0.25) is 4.79 Å². The molecule has 9 heteroatoms. The molecule has 1 aliphatic rings. The largest absolute Gasteiger partial charge is 0.325 e. The average molecular weight is 493 g/mol. The lowest BCUT2D eigenvalue weighted by Crippen LogP contribution is -2.38. The van der Waals surface area contributed by atoms with Gasteiger partial charge >= 0.3 is 0 Å². The molecular formula is C24H32N2O5S2. The van der Waals surface area contributed by atoms with E-state index in [1.165, 1.54) is 54.9 Å². The summed E-state index contributed by atoms with van der Waals surface area (Å²) in [4.78, 5) is 12.5. The third-order valence-electron chi connectivity index (χ3n) is 6.22. The van der Waals surface area contributed by atoms with Gasteiger partial charge in [0.05, 0.1) is 10.1 Å². The van der Waals surface area contributed by atoms with Gasteiger partial charge in [0.1, 0.15) is 5.25 Å². The van der Waals surface area contributed by atoms with Crippen LogP contribution in [0, 0.1) is 5.92 Å². The van der Waals surface area contributed by atoms with Gasteiger partial charge in [-0.1, -0.05) is 30.3 Å². The fraction of sp³-hybridized carbons (Fsp3) is 0.458. The van der Waals surface area contributed by atoms with Crippen LogP contribution in [0.4, 0.5) is 5.69 Å². The van der Waals surface area contributed by atoms with Gasteiger partial charge in [0.2, 0.25) is 15.9 Å². The van der Waals surface area contributed by atoms with Gasteiger partial charge in [-0.2, -0.15) is 4.31 Å². The number of piperidine rings is 1. The van der Waals surface area contributed by atoms with Crippen LogP contribution >= 0.6 is 0 Å². The number of nitrogens with one attached hydrogen (secondary N) is 1. The van der Waals surface area contributed by atoms with Crippen LogP contribution < -0.4 is 5.32 Å². The quantitative estimate of drug-likeness (QED) is 0.608. The van der Waals surface area contributed by atoms with E-state index in [0.717, 1.165) is 19.3 Å². The fourth-order valence-electron chi connectivity index (χ4n) is 3.96. The number of benzene rings is 2. The van der Waals surface area contributed by atoms with Crippen molar-refractivity contribution in [3.8, 4) is 0 Å². The van der Waals surface area contributed by atoms with Gasteiger partial charge in [0.15, 0.2) is 9.84 Å². The molecular weight excluding hydrogens is 460 g/mol. The molecule has 0 spiro atoms. The molecule has 2 aromatic rings. The summed E-state index contributed by atoms with van der Waals surface area (Å²) in [7, 11) is -7.21. The van der Waals surface area contributed by atoms with Crippen LogP contribution in [0.1, 0.15) is 39.2 Å². The van der Waals surface area contributed by atoms with Crippen molar-refractivity contribution < 1.29 is 21.6 Å². The predicted molar refractivity (Wildman–Crippen MR) is 130 cm³/mol. The topological polar surface area (TPSA) is 101 Å². The Morgan fingerprint density at radius 1 is 0.939 bits per heavy atom. The number of rotatable bonds is 8. The van der Waals surface area contributed by atoms with E-state index in [0.29, 0.717) is 24.7 Å². The summed E-state index contributed by atoms with van der Waals surface area (Å²) < 4.78 is 52.0. The van der Waals surface area contributed by atoms with E-state index in [1.54, 1.807) is 0 Å². The highest BCUT2D eigenvalue weighted by molar-refractivity contribution is 7.93. The van der Waals surface area contributed by atoms with E-state index in [4.69, 9.17) is 0 Å². The predicted octanol–water partition coefficient (Wildman–Crippen LogP) is 3.48. The summed E-state index contributed by atoms with van der Waals surface area (Å²) in [5.74, 6) is -0.180. The summed E-state index contributed by atoms with van der Waals surface area (Å²) in [6.07, 6.45) is 2.57. The maximum atomic E-state index is 13.1. The van der Waals surface area contributed by atoms with Crippen LogP contribution in [0.3, 0.4) is 0 Å². The monoisotopic (exact) mass is 492 g/mol. The Morgan fingerprint density at radius 3 is 2.06 bits per heavy atom. The van der Waals surface area contributed by atoms with Gasteiger partial charge in [0, 0.05) is 18.8 Å². The molecule has 1 fully saturated rings. The van der Waals surface area contributed by atoms with E-state index < -0.39 is 36.3 Å². The number of anilines is 1. The second-order valence-corrected chi connectivity index (χ2v) is 13.6. The van der Waals surface area contributed by atoms with Crippen LogP contribution in [0.25, 0.3) is 0 Å². The lowest BCUT2D eigenvalue weighted by molar-refractivity contribution is -0.115. The zero-order chi connectivity index (χ0) is 24.2. The molecule has 1 atom stereocenters. The molecule has 1 saturated heterocycles. The molecule has 1 N–H and O–H groups in total. The molecule has 7 nitrogen and oxygen atoms in total. The van der Waals surface area contributed by atoms with Crippen LogP contribution in [0.5, 0.6) is 0 Å². The molecule has 1 unspecified atom stereocenters. The SMILES string of the molecule is CC(C)S(=O)(=O)C(C)C(=O)Nc1ccc(S(=O)(=O)N2CCC(Cc3ccccc3)CC2)cc1. The van der Waals surface area contributed by atoms with E-state index in [2.05, 4.69) is 17.4 Å². The zero-order valence-corrected chi connectivity index (χ0v) is 20.9. The van der Waals surface area contributed by atoms with Gasteiger partial charge in [-0.25, -0.2) is 16.8 Å². The van der Waals surface area contributed by atoms with Gasteiger partial charge < -0.3 is 5.32 Å². The number of carbonyl (C=O) groups excluding carboxylic acids is 1. The van der Waals surface area contributed by atoms with Crippen LogP contribution in [-0.2, 0) is 31.1 Å². The Labute approximate surface area is 197 Å². The minimum Gasteiger partial charge on any atom is -0.325 e. The molecule has 0 aromatic heterocycles. The zero-order valence-electron chi connectivity index (χ0n) is 19.3. The van der Waals surface area contributed by atoms with Crippen molar-refractivity contribution in [1.29, 1.82) is 0 Å². The third-order valence-corrected chi connectivity index (χ3v) is 10.6. The Balaban J connectivity index is 1.60. The molecule has 0 radical (unpaired) electrons. The first-order valence-electron chi connectivity index (χ1n) is 11.2. The second kappa shape index (κ2) is 10.4. The minimum absolute atomic E-state index is 0.157. The lowest BCUT2D eigenvalue weighted by atomic mass is 9.91. The number of carbonyl (C=O) groups is 1. The van der Waals surface area contributed by atoms with Crippen LogP contribution in [0.2, 0.25) is 0 Å². The maximum Gasteiger partial charge on any atom is 0.243 e. The standard InChI is InChI=1S/C24H32N2O5S2/c1-18(2)32(28,29)19(3)24(27)25-22-9-11-23(12-10-22)33(30,31)26-15-13-21(14-16-26)17-20-7-5-4-6-8-20/h4-12,18-19,21H,13-17H2,1-3H3,(H,25,27). The van der Waals surface area contributed by atoms with Crippen molar-refractivity contribution in [3.63, 3.8) is 0 Å². The number of sulfonamides is 1. The van der Waals surface area contributed by atoms with Crippen molar-refractivity contribution in [2.75, 3.05) is 18.4 Å². The number of hydrogen-bond acceptors (Lipinski definition) is 5. The van der Waals surface area contributed by atoms with E-state index in [-0.39, 0.29) is 4.90 Å². The molecule has 1 aliphatic heterocycles. The molecule has 0 bridgehead atoms. The summed E-state index contributed by atoms with van der Waals surface area (Å²) >= 11 is 0. The first-order chi connectivity index (χ1) is 15.5. The summed E-state index contributed by atoms with van der Waals surface area (Å²) in [6.45, 7) is 5.36. The molecule has 0 aliphatic carbocycles. The molecule has 180 valence electrons. The van der Waals surface area contributed by atoms with E-state index in [9.17, 15) is 21.6 Å². The minimum atomic E-state index is -3.63. The van der Waals surface area contributed by atoms with Crippen molar-refractivity contribution in [2.45, 2.75) is 55.4 Å². The van der Waals surface area contributed by atoms with Gasteiger partial charge in [-0.05, 0) is 75.8 Å². The Morgan fingerprint density at radius 2 is 1.52 bits per heavy atom. The Bertz CT molecular complexity index is 1150. The summed E-state index contributed by atoms with van der Waals surface area (Å²) in [5.41, 5.74) is 1.62. The Hall–Kier alpha value is -2.23. The molecule has 1 heterocycles. The number of hydrogen-bond donors (Lipinski definition) is 1. The van der Waals surface area contributed by atoms with Crippen molar-refractivity contribution in [2.24, 2.45) is 5.92 Å². The van der Waals surface area contributed by atoms with Crippen LogP contribution in [-0.4, -0.2) is 50.6 Å². The highest BCUT2D eigenvalue weighted by atomic mass is 32.2. The highest BCUT2D eigenvalue weighted by Gasteiger charge is 2.31. The molecule has 0 saturated carbocycles. The smallest absolute Gasteiger partial charge is 0.243 e. The van der Waals surface area contributed by atoms with Crippen molar-refractivity contribution in [1.82, 2.24) is 4.31 Å². The van der Waals surface area contributed by atoms with Crippen LogP contribution in [0.15, 0.2) is 59.5 Å². The first kappa shape index (κ1) is 25.4. The Kier molecular flexibility index (Phi) is 7.97. The normalized spacial score (nSPS) is 17.1. The molecule has 3 rings (SSSR count). The van der Waals surface area contributed by atoms with Crippen molar-refractivity contribution in [3.05, 3.63) is 60.2 Å². The average Bonchev–Trinajstić information content (AvgIpc) is 2.80. The van der Waals surface area contributed by atoms with E-state index >= 15 is 0 Å². The second-order valence-electron chi connectivity index (χ2n) is 8.83. The first-order valence-corrected chi connectivity index (χ1v) is 14.2. The fourth-order valence-corrected chi connectivity index (χ4v) is 6.61. The number of sulfone groups is 1. The molecule has 1 amide bonds. The number of amides is 1. The lowest BCUT2D eigenvalue weighted by Gasteiger charge is -2.31. The third kappa shape index (κ3) is 6.02. The van der Waals surface area contributed by atoms with Crippen molar-refractivity contribution >= 4 is 31.5 Å². The van der Waals surface area contributed by atoms with Gasteiger partial charge in [0.25, 0.3) is 0 Å². The number of nitrogens with zero attached hydrogens (tertiary/aromatic N) is 1. The van der Waals surface area contributed by atoms with E-state index in [1.807, 2.05) is 18.2 Å². The molecule has 33 heavy (non-hydrogen) atoms. The summed E-state index contributed by atoms with van der Waals surface area (Å²) in [6, 6.07) is 16.1. The summed E-state index contributed by atoms with van der Waals surface area (Å²) in [5, 5.41) is 0.703. The maximum absolute atomic E-state index is 13.1. The molecule has 2 aromatic carbocycles. The van der Waals surface area contributed by atoms with Gasteiger partial charge in [-0.15, -0.1) is 0 Å². The highest BCUT2D eigenvalue weighted by Crippen LogP contribution is 2.27.